The summed E-state index contributed by atoms with van der Waals surface area (Å²) in [4.78, 5) is 35.0. The third-order valence-electron chi connectivity index (χ3n) is 2.82. The summed E-state index contributed by atoms with van der Waals surface area (Å²) in [5, 5.41) is 7.96. The fourth-order valence-corrected chi connectivity index (χ4v) is 1.74. The minimum atomic E-state index is -0.581. The van der Waals surface area contributed by atoms with Gasteiger partial charge in [-0.15, -0.1) is 0 Å². The normalized spacial score (nSPS) is 10.7. The van der Waals surface area contributed by atoms with Crippen LogP contribution >= 0.6 is 0 Å². The molecule has 0 fully saturated rings. The van der Waals surface area contributed by atoms with Crippen molar-refractivity contribution < 1.29 is 19.1 Å². The molecule has 24 heavy (non-hydrogen) atoms. The molecule has 0 unspecified atom stereocenters. The van der Waals surface area contributed by atoms with Crippen molar-refractivity contribution in [2.45, 2.75) is 46.1 Å². The predicted octanol–water partition coefficient (Wildman–Crippen LogP) is 2.89. The highest BCUT2D eigenvalue weighted by Gasteiger charge is 2.16. The van der Waals surface area contributed by atoms with E-state index in [9.17, 15) is 14.4 Å². The Morgan fingerprint density at radius 1 is 1.00 bits per heavy atom. The Balaban J connectivity index is 2.48. The van der Waals surface area contributed by atoms with Crippen molar-refractivity contribution in [3.05, 3.63) is 24.3 Å². The molecular weight excluding hydrogens is 310 g/mol. The maximum absolute atomic E-state index is 12.0. The Labute approximate surface area is 142 Å². The number of nitrogens with one attached hydrogen (secondary N) is 3. The van der Waals surface area contributed by atoms with E-state index in [2.05, 4.69) is 16.0 Å². The largest absolute Gasteiger partial charge is 0.444 e. The highest BCUT2D eigenvalue weighted by atomic mass is 16.6. The smallest absolute Gasteiger partial charge is 0.407 e. The minimum Gasteiger partial charge on any atom is -0.444 e. The standard InChI is InChI=1S/C17H25N3O4/c1-5-14(21)19-12-8-6-7-9-13(12)20-15(22)10-11-18-16(23)24-17(2,3)4/h6-9H,5,10-11H2,1-4H3,(H,18,23)(H,19,21)(H,20,22). The summed E-state index contributed by atoms with van der Waals surface area (Å²) in [6.45, 7) is 7.20. The molecule has 7 heteroatoms. The number of rotatable bonds is 6. The van der Waals surface area contributed by atoms with E-state index in [-0.39, 0.29) is 24.8 Å². The van der Waals surface area contributed by atoms with Crippen molar-refractivity contribution in [1.29, 1.82) is 0 Å². The molecule has 1 rings (SSSR count). The van der Waals surface area contributed by atoms with Crippen molar-refractivity contribution in [1.82, 2.24) is 5.32 Å². The third kappa shape index (κ3) is 7.62. The number of benzene rings is 1. The Morgan fingerprint density at radius 3 is 2.04 bits per heavy atom. The highest BCUT2D eigenvalue weighted by Crippen LogP contribution is 2.21. The van der Waals surface area contributed by atoms with E-state index in [4.69, 9.17) is 4.74 Å². The van der Waals surface area contributed by atoms with Crippen LogP contribution in [0, 0.1) is 0 Å². The van der Waals surface area contributed by atoms with E-state index in [1.54, 1.807) is 52.0 Å². The van der Waals surface area contributed by atoms with Gasteiger partial charge in [0.15, 0.2) is 0 Å². The SMILES string of the molecule is CCC(=O)Nc1ccccc1NC(=O)CCNC(=O)OC(C)(C)C. The van der Waals surface area contributed by atoms with E-state index in [0.29, 0.717) is 17.8 Å². The summed E-state index contributed by atoms with van der Waals surface area (Å²) in [5.41, 5.74) is 0.474. The Morgan fingerprint density at radius 2 is 1.54 bits per heavy atom. The lowest BCUT2D eigenvalue weighted by molar-refractivity contribution is -0.117. The molecule has 0 bridgehead atoms. The van der Waals surface area contributed by atoms with Gasteiger partial charge >= 0.3 is 6.09 Å². The van der Waals surface area contributed by atoms with Crippen LogP contribution < -0.4 is 16.0 Å². The summed E-state index contributed by atoms with van der Waals surface area (Å²) < 4.78 is 5.08. The number of hydrogen-bond donors (Lipinski definition) is 3. The first-order valence-electron chi connectivity index (χ1n) is 7.87. The van der Waals surface area contributed by atoms with Crippen LogP contribution in [-0.2, 0) is 14.3 Å². The average Bonchev–Trinajstić information content (AvgIpc) is 2.47. The van der Waals surface area contributed by atoms with Crippen LogP contribution in [0.4, 0.5) is 16.2 Å². The first kappa shape index (κ1) is 19.5. The zero-order chi connectivity index (χ0) is 18.2. The van der Waals surface area contributed by atoms with Crippen molar-refractivity contribution in [3.8, 4) is 0 Å². The Hall–Kier alpha value is -2.57. The third-order valence-corrected chi connectivity index (χ3v) is 2.82. The topological polar surface area (TPSA) is 96.5 Å². The molecule has 0 heterocycles. The summed E-state index contributed by atoms with van der Waals surface area (Å²) >= 11 is 0. The van der Waals surface area contributed by atoms with Crippen LogP contribution in [-0.4, -0.2) is 30.1 Å². The molecular formula is C17H25N3O4. The van der Waals surface area contributed by atoms with E-state index in [1.165, 1.54) is 0 Å². The molecule has 0 aliphatic heterocycles. The molecule has 1 aromatic carbocycles. The molecule has 7 nitrogen and oxygen atoms in total. The Kier molecular flexibility index (Phi) is 7.23. The number of carbonyl (C=O) groups excluding carboxylic acids is 3. The monoisotopic (exact) mass is 335 g/mol. The predicted molar refractivity (Wildman–Crippen MR) is 92.8 cm³/mol. The van der Waals surface area contributed by atoms with Crippen molar-refractivity contribution in [2.24, 2.45) is 0 Å². The van der Waals surface area contributed by atoms with Gasteiger partial charge in [-0.25, -0.2) is 4.79 Å². The van der Waals surface area contributed by atoms with Crippen LogP contribution in [0.5, 0.6) is 0 Å². The molecule has 3 amide bonds. The fraction of sp³-hybridized carbons (Fsp3) is 0.471. The number of ether oxygens (including phenoxy) is 1. The van der Waals surface area contributed by atoms with E-state index in [0.717, 1.165) is 0 Å². The van der Waals surface area contributed by atoms with Crippen LogP contribution in [0.15, 0.2) is 24.3 Å². The number of carbonyl (C=O) groups is 3. The number of alkyl carbamates (subject to hydrolysis) is 1. The number of anilines is 2. The fourth-order valence-electron chi connectivity index (χ4n) is 1.74. The molecule has 0 radical (unpaired) electrons. The highest BCUT2D eigenvalue weighted by molar-refractivity contribution is 5.99. The van der Waals surface area contributed by atoms with Gasteiger partial charge in [0.2, 0.25) is 11.8 Å². The lowest BCUT2D eigenvalue weighted by Crippen LogP contribution is -2.34. The molecule has 0 aliphatic carbocycles. The lowest BCUT2D eigenvalue weighted by Gasteiger charge is -2.19. The zero-order valence-corrected chi connectivity index (χ0v) is 14.6. The quantitative estimate of drug-likeness (QED) is 0.744. The summed E-state index contributed by atoms with van der Waals surface area (Å²) in [5.74, 6) is -0.410. The lowest BCUT2D eigenvalue weighted by atomic mass is 10.2. The van der Waals surface area contributed by atoms with Crippen LogP contribution in [0.2, 0.25) is 0 Å². The molecule has 0 saturated carbocycles. The van der Waals surface area contributed by atoms with Gasteiger partial charge in [0, 0.05) is 19.4 Å². The van der Waals surface area contributed by atoms with Crippen LogP contribution in [0.1, 0.15) is 40.5 Å². The van der Waals surface area contributed by atoms with Gasteiger partial charge in [0.25, 0.3) is 0 Å². The summed E-state index contributed by atoms with van der Waals surface area (Å²) in [6, 6.07) is 6.94. The second-order valence-corrected chi connectivity index (χ2v) is 6.17. The molecule has 0 aromatic heterocycles. The molecule has 1 aromatic rings. The van der Waals surface area contributed by atoms with Crippen molar-refractivity contribution in [3.63, 3.8) is 0 Å². The molecule has 132 valence electrons. The summed E-state index contributed by atoms with van der Waals surface area (Å²) in [6.07, 6.45) is -0.122. The molecule has 3 N–H and O–H groups in total. The number of hydrogen-bond acceptors (Lipinski definition) is 4. The van der Waals surface area contributed by atoms with E-state index in [1.807, 2.05) is 0 Å². The van der Waals surface area contributed by atoms with E-state index < -0.39 is 11.7 Å². The first-order valence-corrected chi connectivity index (χ1v) is 7.87. The molecule has 0 spiro atoms. The van der Waals surface area contributed by atoms with Gasteiger partial charge in [0.05, 0.1) is 11.4 Å². The van der Waals surface area contributed by atoms with E-state index >= 15 is 0 Å². The Bertz CT molecular complexity index is 594. The van der Waals surface area contributed by atoms with Gasteiger partial charge in [-0.3, -0.25) is 9.59 Å². The number of para-hydroxylation sites is 2. The van der Waals surface area contributed by atoms with Crippen LogP contribution in [0.3, 0.4) is 0 Å². The zero-order valence-electron chi connectivity index (χ0n) is 14.6. The maximum atomic E-state index is 12.0. The second-order valence-electron chi connectivity index (χ2n) is 6.17. The number of amides is 3. The van der Waals surface area contributed by atoms with Crippen molar-refractivity contribution >= 4 is 29.3 Å². The summed E-state index contributed by atoms with van der Waals surface area (Å²) in [7, 11) is 0. The van der Waals surface area contributed by atoms with Gasteiger partial charge in [-0.05, 0) is 32.9 Å². The average molecular weight is 335 g/mol. The van der Waals surface area contributed by atoms with Crippen molar-refractivity contribution in [2.75, 3.05) is 17.2 Å². The molecule has 0 atom stereocenters. The van der Waals surface area contributed by atoms with Gasteiger partial charge < -0.3 is 20.7 Å². The molecule has 0 aliphatic rings. The minimum absolute atomic E-state index is 0.0926. The maximum Gasteiger partial charge on any atom is 0.407 e. The first-order chi connectivity index (χ1) is 11.2. The van der Waals surface area contributed by atoms with Gasteiger partial charge in [-0.1, -0.05) is 19.1 Å². The second kappa shape index (κ2) is 8.90. The molecule has 0 saturated heterocycles. The van der Waals surface area contributed by atoms with Gasteiger partial charge in [0.1, 0.15) is 5.60 Å². The van der Waals surface area contributed by atoms with Crippen LogP contribution in [0.25, 0.3) is 0 Å². The van der Waals surface area contributed by atoms with Gasteiger partial charge in [-0.2, -0.15) is 0 Å².